The van der Waals surface area contributed by atoms with E-state index in [0.29, 0.717) is 23.4 Å². The Kier molecular flexibility index (Phi) is 7.10. The summed E-state index contributed by atoms with van der Waals surface area (Å²) in [6.07, 6.45) is -0.548. The molecule has 1 atom stereocenters. The number of ether oxygens (including phenoxy) is 1. The number of rotatable bonds is 8. The average molecular weight is 348 g/mol. The van der Waals surface area contributed by atoms with Crippen LogP contribution in [0.15, 0.2) is 48.5 Å². The minimum atomic E-state index is -0.548. The molecule has 4 heteroatoms. The molecule has 0 bridgehead atoms. The molecule has 0 aliphatic rings. The molecule has 0 fully saturated rings. The monoisotopic (exact) mass is 347 g/mol. The van der Waals surface area contributed by atoms with Crippen LogP contribution in [0.3, 0.4) is 0 Å². The highest BCUT2D eigenvalue weighted by Gasteiger charge is 2.16. The summed E-state index contributed by atoms with van der Waals surface area (Å²) in [6, 6.07) is 16.0. The highest BCUT2D eigenvalue weighted by molar-refractivity contribution is 6.30. The number of aryl methyl sites for hydroxylation is 1. The molecule has 0 aromatic heterocycles. The van der Waals surface area contributed by atoms with Gasteiger partial charge in [0.05, 0.1) is 0 Å². The number of benzene rings is 2. The van der Waals surface area contributed by atoms with E-state index in [0.717, 1.165) is 6.54 Å². The van der Waals surface area contributed by atoms with Crippen LogP contribution in [-0.4, -0.2) is 35.3 Å². The molecular formula is C20H26ClNO2. The van der Waals surface area contributed by atoms with Gasteiger partial charge in [0, 0.05) is 24.2 Å². The van der Waals surface area contributed by atoms with E-state index in [1.807, 2.05) is 12.1 Å². The Morgan fingerprint density at radius 2 is 1.83 bits per heavy atom. The molecule has 2 aromatic carbocycles. The van der Waals surface area contributed by atoms with Crippen LogP contribution >= 0.6 is 11.6 Å². The minimum Gasteiger partial charge on any atom is -0.491 e. The zero-order valence-corrected chi connectivity index (χ0v) is 15.3. The predicted octanol–water partition coefficient (Wildman–Crippen LogP) is 4.30. The van der Waals surface area contributed by atoms with Crippen molar-refractivity contribution in [3.8, 4) is 5.75 Å². The lowest BCUT2D eigenvalue weighted by molar-refractivity contribution is 0.0543. The highest BCUT2D eigenvalue weighted by Crippen LogP contribution is 2.16. The summed E-state index contributed by atoms with van der Waals surface area (Å²) in [5, 5.41) is 11.0. The summed E-state index contributed by atoms with van der Waals surface area (Å²) in [7, 11) is 0. The molecule has 0 aliphatic heterocycles. The Balaban J connectivity index is 1.88. The van der Waals surface area contributed by atoms with E-state index >= 15 is 0 Å². The maximum absolute atomic E-state index is 10.3. The Labute approximate surface area is 149 Å². The Morgan fingerprint density at radius 1 is 1.12 bits per heavy atom. The fourth-order valence-corrected chi connectivity index (χ4v) is 2.68. The maximum atomic E-state index is 10.3. The number of aliphatic hydroxyl groups excluding tert-OH is 1. The van der Waals surface area contributed by atoms with E-state index in [4.69, 9.17) is 16.3 Å². The van der Waals surface area contributed by atoms with Crippen molar-refractivity contribution in [2.45, 2.75) is 39.5 Å². The second kappa shape index (κ2) is 9.07. The first-order chi connectivity index (χ1) is 11.4. The second-order valence-corrected chi connectivity index (χ2v) is 6.87. The molecule has 0 saturated heterocycles. The van der Waals surface area contributed by atoms with Crippen LogP contribution in [0.4, 0.5) is 0 Å². The number of hydrogen-bond acceptors (Lipinski definition) is 3. The van der Waals surface area contributed by atoms with Gasteiger partial charge in [-0.25, -0.2) is 0 Å². The highest BCUT2D eigenvalue weighted by atomic mass is 35.5. The standard InChI is InChI=1S/C20H26ClNO2/c1-15(2)22(12-17-6-4-5-16(3)11-17)13-19(23)14-24-20-9-7-18(21)8-10-20/h4-11,15,19,23H,12-14H2,1-3H3/t19-/m0/s1. The van der Waals surface area contributed by atoms with Crippen molar-refractivity contribution in [1.82, 2.24) is 4.90 Å². The summed E-state index contributed by atoms with van der Waals surface area (Å²) in [5.74, 6) is 0.716. The van der Waals surface area contributed by atoms with E-state index in [-0.39, 0.29) is 6.61 Å². The van der Waals surface area contributed by atoms with E-state index < -0.39 is 6.10 Å². The smallest absolute Gasteiger partial charge is 0.119 e. The minimum absolute atomic E-state index is 0.263. The van der Waals surface area contributed by atoms with Crippen LogP contribution in [0.5, 0.6) is 5.75 Å². The van der Waals surface area contributed by atoms with Crippen LogP contribution in [0.1, 0.15) is 25.0 Å². The lowest BCUT2D eigenvalue weighted by Crippen LogP contribution is -2.39. The molecule has 1 N–H and O–H groups in total. The zero-order valence-electron chi connectivity index (χ0n) is 14.6. The molecule has 0 radical (unpaired) electrons. The van der Waals surface area contributed by atoms with Gasteiger partial charge in [-0.2, -0.15) is 0 Å². The molecule has 130 valence electrons. The van der Waals surface area contributed by atoms with Crippen LogP contribution in [0.25, 0.3) is 0 Å². The first kappa shape index (κ1) is 18.8. The molecule has 0 spiro atoms. The first-order valence-corrected chi connectivity index (χ1v) is 8.68. The van der Waals surface area contributed by atoms with Crippen LogP contribution in [0, 0.1) is 6.92 Å². The van der Waals surface area contributed by atoms with Gasteiger partial charge in [-0.1, -0.05) is 41.4 Å². The Hall–Kier alpha value is -1.55. The third-order valence-corrected chi connectivity index (χ3v) is 4.15. The van der Waals surface area contributed by atoms with Crippen LogP contribution in [-0.2, 0) is 6.54 Å². The van der Waals surface area contributed by atoms with E-state index in [9.17, 15) is 5.11 Å². The quantitative estimate of drug-likeness (QED) is 0.772. The molecule has 0 aliphatic carbocycles. The normalized spacial score (nSPS) is 12.6. The van der Waals surface area contributed by atoms with Crippen molar-refractivity contribution in [3.63, 3.8) is 0 Å². The van der Waals surface area contributed by atoms with Crippen molar-refractivity contribution in [1.29, 1.82) is 0 Å². The summed E-state index contributed by atoms with van der Waals surface area (Å²) in [6.45, 7) is 8.03. The predicted molar refractivity (Wildman–Crippen MR) is 99.7 cm³/mol. The van der Waals surface area contributed by atoms with Gasteiger partial charge in [-0.3, -0.25) is 4.90 Å². The number of halogens is 1. The molecule has 0 unspecified atom stereocenters. The molecule has 0 heterocycles. The summed E-state index contributed by atoms with van der Waals surface area (Å²) in [4.78, 5) is 2.25. The van der Waals surface area contributed by atoms with E-state index in [2.05, 4.69) is 49.9 Å². The topological polar surface area (TPSA) is 32.7 Å². The van der Waals surface area contributed by atoms with Gasteiger partial charge in [0.25, 0.3) is 0 Å². The van der Waals surface area contributed by atoms with E-state index in [1.54, 1.807) is 12.1 Å². The van der Waals surface area contributed by atoms with Crippen molar-refractivity contribution >= 4 is 11.6 Å². The molecule has 2 aromatic rings. The van der Waals surface area contributed by atoms with Crippen LogP contribution in [0.2, 0.25) is 5.02 Å². The summed E-state index contributed by atoms with van der Waals surface area (Å²) >= 11 is 5.85. The molecule has 3 nitrogen and oxygen atoms in total. The number of nitrogens with zero attached hydrogens (tertiary/aromatic N) is 1. The van der Waals surface area contributed by atoms with Crippen molar-refractivity contribution in [3.05, 3.63) is 64.7 Å². The van der Waals surface area contributed by atoms with Gasteiger partial charge in [0.15, 0.2) is 0 Å². The third-order valence-electron chi connectivity index (χ3n) is 3.90. The Morgan fingerprint density at radius 3 is 2.46 bits per heavy atom. The van der Waals surface area contributed by atoms with Crippen molar-refractivity contribution < 1.29 is 9.84 Å². The number of hydrogen-bond donors (Lipinski definition) is 1. The second-order valence-electron chi connectivity index (χ2n) is 6.43. The summed E-state index contributed by atoms with van der Waals surface area (Å²) in [5.41, 5.74) is 2.51. The van der Waals surface area contributed by atoms with Gasteiger partial charge in [0.1, 0.15) is 18.5 Å². The van der Waals surface area contributed by atoms with Gasteiger partial charge in [-0.05, 0) is 50.6 Å². The van der Waals surface area contributed by atoms with Crippen molar-refractivity contribution in [2.24, 2.45) is 0 Å². The average Bonchev–Trinajstić information content (AvgIpc) is 2.53. The first-order valence-electron chi connectivity index (χ1n) is 8.30. The van der Waals surface area contributed by atoms with E-state index in [1.165, 1.54) is 11.1 Å². The molecule has 24 heavy (non-hydrogen) atoms. The fourth-order valence-electron chi connectivity index (χ4n) is 2.55. The maximum Gasteiger partial charge on any atom is 0.119 e. The van der Waals surface area contributed by atoms with Gasteiger partial charge >= 0.3 is 0 Å². The van der Waals surface area contributed by atoms with Gasteiger partial charge in [0.2, 0.25) is 0 Å². The van der Waals surface area contributed by atoms with Crippen molar-refractivity contribution in [2.75, 3.05) is 13.2 Å². The molecule has 0 saturated carbocycles. The lowest BCUT2D eigenvalue weighted by Gasteiger charge is -2.29. The largest absolute Gasteiger partial charge is 0.491 e. The fraction of sp³-hybridized carbons (Fsp3) is 0.400. The SMILES string of the molecule is Cc1cccc(CN(C[C@H](O)COc2ccc(Cl)cc2)C(C)C)c1. The molecule has 2 rings (SSSR count). The van der Waals surface area contributed by atoms with Crippen LogP contribution < -0.4 is 4.74 Å². The lowest BCUT2D eigenvalue weighted by atomic mass is 10.1. The molecular weight excluding hydrogens is 322 g/mol. The summed E-state index contributed by atoms with van der Waals surface area (Å²) < 4.78 is 5.64. The number of aliphatic hydroxyl groups is 1. The zero-order chi connectivity index (χ0) is 17.5. The molecule has 0 amide bonds. The van der Waals surface area contributed by atoms with Gasteiger partial charge in [-0.15, -0.1) is 0 Å². The third kappa shape index (κ3) is 6.16. The van der Waals surface area contributed by atoms with Gasteiger partial charge < -0.3 is 9.84 Å². The Bertz CT molecular complexity index is 628.